The lowest BCUT2D eigenvalue weighted by atomic mass is 9.78. The van der Waals surface area contributed by atoms with Gasteiger partial charge >= 0.3 is 17.7 Å². The number of aromatic carboxylic acids is 1. The van der Waals surface area contributed by atoms with Gasteiger partial charge in [0.05, 0.1) is 71.0 Å². The molecule has 98 heavy (non-hydrogen) atoms. The molecule has 12 rings (SSSR count). The number of aromatic nitrogens is 2. The van der Waals surface area contributed by atoms with Crippen molar-refractivity contribution in [2.24, 2.45) is 40.5 Å². The molecule has 11 N–H and O–H groups in total. The number of carbonyl (C=O) groups excluding carboxylic acids is 4. The number of hydrazone groups is 1. The number of aliphatic hydroxyl groups excluding tert-OH is 2. The molecule has 27 nitrogen and oxygen atoms in total. The van der Waals surface area contributed by atoms with E-state index in [9.17, 15) is 59.4 Å². The van der Waals surface area contributed by atoms with Gasteiger partial charge in [0.2, 0.25) is 5.43 Å². The minimum Gasteiger partial charge on any atom is -0.507 e. The number of aromatic hydroxyl groups is 3. The zero-order chi connectivity index (χ0) is 71.4. The molecule has 0 radical (unpaired) electrons. The van der Waals surface area contributed by atoms with E-state index in [0.29, 0.717) is 54.1 Å². The number of aliphatic hydroxyl groups is 2. The number of halogens is 1. The van der Waals surface area contributed by atoms with Crippen molar-refractivity contribution in [3.8, 4) is 28.7 Å². The summed E-state index contributed by atoms with van der Waals surface area (Å²) in [4.78, 5) is 83.5. The van der Waals surface area contributed by atoms with Crippen LogP contribution in [0.4, 0.5) is 15.8 Å². The van der Waals surface area contributed by atoms with Gasteiger partial charge in [-0.05, 0) is 83.3 Å². The number of carboxylic acid groups (broad SMARTS) is 1. The monoisotopic (exact) mass is 1360 g/mol. The summed E-state index contributed by atoms with van der Waals surface area (Å²) in [5, 5.41) is 79.9. The third kappa shape index (κ3) is 15.1. The number of nitrogens with one attached hydrogen (secondary N) is 3. The number of hydrogen-bond donors (Lipinski definition) is 10. The summed E-state index contributed by atoms with van der Waals surface area (Å²) in [6.07, 6.45) is 13.3. The van der Waals surface area contributed by atoms with Gasteiger partial charge in [-0.2, -0.15) is 5.10 Å². The van der Waals surface area contributed by atoms with E-state index in [1.165, 1.54) is 91.2 Å². The second kappa shape index (κ2) is 30.7. The average molecular weight is 1360 g/mol. The van der Waals surface area contributed by atoms with Crippen LogP contribution in [-0.2, 0) is 23.8 Å². The van der Waals surface area contributed by atoms with Crippen molar-refractivity contribution in [2.45, 2.75) is 123 Å². The summed E-state index contributed by atoms with van der Waals surface area (Å²) in [6, 6.07) is 4.79. The van der Waals surface area contributed by atoms with Crippen LogP contribution < -0.4 is 41.7 Å². The molecule has 4 fully saturated rings. The Balaban J connectivity index is 0.000000234. The number of carbonyl (C=O) groups is 5. The second-order valence-electron chi connectivity index (χ2n) is 26.1. The molecule has 28 heteroatoms. The number of anilines is 2. The van der Waals surface area contributed by atoms with Gasteiger partial charge in [-0.15, -0.1) is 0 Å². The fourth-order valence-electron chi connectivity index (χ4n) is 13.5. The third-order valence-electron chi connectivity index (χ3n) is 19.4. The van der Waals surface area contributed by atoms with Crippen LogP contribution in [0.15, 0.2) is 82.8 Å². The number of nitrogens with zero attached hydrogens (tertiary/aromatic N) is 6. The Morgan fingerprint density at radius 3 is 2.23 bits per heavy atom. The molecule has 8 heterocycles. The second-order valence-corrected chi connectivity index (χ2v) is 26.1. The zero-order valence-electron chi connectivity index (χ0n) is 56.9. The molecule has 7 aliphatic rings. The van der Waals surface area contributed by atoms with E-state index in [4.69, 9.17) is 29.5 Å². The number of ether oxygens (including phenoxy) is 5. The van der Waals surface area contributed by atoms with Gasteiger partial charge in [0.15, 0.2) is 17.3 Å². The zero-order valence-corrected chi connectivity index (χ0v) is 56.9. The normalized spacial score (nSPS) is 27.3. The molecule has 6 aliphatic heterocycles. The van der Waals surface area contributed by atoms with Crippen molar-refractivity contribution in [1.29, 1.82) is 0 Å². The van der Waals surface area contributed by atoms with Crippen molar-refractivity contribution < 1.29 is 82.7 Å². The number of benzene rings is 3. The highest BCUT2D eigenvalue weighted by Crippen LogP contribution is 2.55. The molecule has 2 aromatic heterocycles. The number of esters is 1. The van der Waals surface area contributed by atoms with Gasteiger partial charge in [-0.3, -0.25) is 39.4 Å². The first-order valence-corrected chi connectivity index (χ1v) is 32.7. The summed E-state index contributed by atoms with van der Waals surface area (Å²) in [7, 11) is 4.90. The Morgan fingerprint density at radius 1 is 0.918 bits per heavy atom. The van der Waals surface area contributed by atoms with Gasteiger partial charge in [0.25, 0.3) is 17.6 Å². The van der Waals surface area contributed by atoms with E-state index in [2.05, 4.69) is 25.6 Å². The fraction of sp³-hybridized carbons (Fsp3) is 0.486. The van der Waals surface area contributed by atoms with E-state index in [1.807, 2.05) is 17.4 Å². The summed E-state index contributed by atoms with van der Waals surface area (Å²) in [6.45, 7) is 17.5. The number of hydrogen-bond acceptors (Lipinski definition) is 23. The summed E-state index contributed by atoms with van der Waals surface area (Å²) in [5.74, 6) is -4.83. The number of allylic oxidation sites excluding steroid dienone is 2. The maximum Gasteiger partial charge on any atom is 0.341 e. The SMILES string of the molecule is CO[C@H]1/C=C/O[C@@]2(C)Oc3c(C)c(O)c4c(O)c(c(/C=N\N5CCN(C)CC5)c(O)c4c3C2=O)NC(=O)/C(C)=C\C=C\[C@@H](C)[C@H](O)[C@@H](C)[C@H](O)[C@@H](C)[C@H](OC(C)=O)[C@@H]1C.COc1c(N2C[C@@H]3CCCN[C@@H]3C2)c(F)cc2c(=O)c(C(=O)O)cn(C3CC3)c12.NNC(=O)c1ccncc1. The van der Waals surface area contributed by atoms with Crippen LogP contribution in [-0.4, -0.2) is 189 Å². The Kier molecular flexibility index (Phi) is 22.9. The number of hydrazine groups is 1. The number of likely N-dealkylation sites (N-methyl/N-ethyl adjacent to an activating group) is 1. The number of amides is 2. The number of methoxy groups -OCH3 is 2. The molecular weight excluding hydrogens is 1270 g/mol. The van der Waals surface area contributed by atoms with Crippen LogP contribution in [0.3, 0.4) is 0 Å². The third-order valence-corrected chi connectivity index (χ3v) is 19.4. The minimum absolute atomic E-state index is 0.0559. The van der Waals surface area contributed by atoms with E-state index < -0.39 is 106 Å². The highest BCUT2D eigenvalue weighted by atomic mass is 19.1. The predicted octanol–water partition coefficient (Wildman–Crippen LogP) is 6.39. The number of phenolic OH excluding ortho intramolecular Hbond substituents is 3. The van der Waals surface area contributed by atoms with Crippen molar-refractivity contribution in [3.63, 3.8) is 0 Å². The Labute approximate surface area is 566 Å². The molecule has 2 amide bonds. The van der Waals surface area contributed by atoms with Crippen LogP contribution in [0, 0.1) is 42.3 Å². The van der Waals surface area contributed by atoms with E-state index in [0.717, 1.165) is 51.9 Å². The lowest BCUT2D eigenvalue weighted by Gasteiger charge is -2.38. The minimum atomic E-state index is -2.04. The molecule has 528 valence electrons. The molecule has 5 bridgehead atoms. The van der Waals surface area contributed by atoms with Gasteiger partial charge in [-0.1, -0.05) is 45.9 Å². The smallest absolute Gasteiger partial charge is 0.341 e. The number of nitrogen functional groups attached to an aromatic ring is 1. The van der Waals surface area contributed by atoms with Crippen LogP contribution in [0.25, 0.3) is 21.7 Å². The van der Waals surface area contributed by atoms with Gasteiger partial charge in [-0.25, -0.2) is 15.0 Å². The van der Waals surface area contributed by atoms with Crippen LogP contribution in [0.1, 0.15) is 122 Å². The largest absolute Gasteiger partial charge is 0.507 e. The van der Waals surface area contributed by atoms with E-state index >= 15 is 4.39 Å². The summed E-state index contributed by atoms with van der Waals surface area (Å²) >= 11 is 0. The topological polar surface area (TPSA) is 372 Å². The molecule has 1 saturated carbocycles. The van der Waals surface area contributed by atoms with Crippen molar-refractivity contribution >= 4 is 68.8 Å². The maximum atomic E-state index is 15.3. The number of piperazine rings is 1. The van der Waals surface area contributed by atoms with Crippen molar-refractivity contribution in [3.05, 3.63) is 117 Å². The quantitative estimate of drug-likeness (QED) is 0.0145. The fourth-order valence-corrected chi connectivity index (χ4v) is 13.5. The Morgan fingerprint density at radius 2 is 1.61 bits per heavy atom. The van der Waals surface area contributed by atoms with Crippen molar-refractivity contribution in [1.82, 2.24) is 30.2 Å². The molecule has 0 unspecified atom stereocenters. The molecular formula is C70H89FN10O17. The highest BCUT2D eigenvalue weighted by Gasteiger charge is 2.50. The van der Waals surface area contributed by atoms with E-state index in [1.54, 1.807) is 61.6 Å². The molecule has 3 aromatic carbocycles. The van der Waals surface area contributed by atoms with Gasteiger partial charge in [0.1, 0.15) is 34.6 Å². The van der Waals surface area contributed by atoms with Crippen LogP contribution in [0.5, 0.6) is 28.7 Å². The molecule has 0 spiro atoms. The number of phenols is 3. The van der Waals surface area contributed by atoms with Gasteiger partial charge in [0, 0.05) is 137 Å². The average Bonchev–Trinajstić information content (AvgIpc) is 1.37. The number of piperidine rings is 1. The lowest BCUT2D eigenvalue weighted by molar-refractivity contribution is -0.160. The highest BCUT2D eigenvalue weighted by molar-refractivity contribution is 6.24. The molecule has 1 aliphatic carbocycles. The first kappa shape index (κ1) is 73.1. The number of Topliss-reactive ketones (excluding diaryl/α,β-unsaturated/α-hetero) is 1. The maximum absolute atomic E-state index is 15.3. The Bertz CT molecular complexity index is 4030. The van der Waals surface area contributed by atoms with Gasteiger partial charge < -0.3 is 79.3 Å². The first-order chi connectivity index (χ1) is 46.6. The number of ketones is 1. The Hall–Kier alpha value is -9.19. The first-order valence-electron chi connectivity index (χ1n) is 32.7. The number of fused-ring (bicyclic) bond motifs is 16. The van der Waals surface area contributed by atoms with Crippen LogP contribution in [0.2, 0.25) is 0 Å². The van der Waals surface area contributed by atoms with E-state index in [-0.39, 0.29) is 67.4 Å². The summed E-state index contributed by atoms with van der Waals surface area (Å²) in [5.41, 5.74) is 2.02. The molecule has 5 aromatic rings. The standard InChI is InChI=1S/C43H58N4O12.C21H24FN3O4.C6H7N3O/c1-21-12-11-13-22(2)42(55)45-33-28(20-44-47-17-15-46(9)16-18-47)37(52)30-31(38(33)53)36(51)26(6)40-32(30)41(54)43(8,59-40)57-19-14-29(56-10)23(3)39(58-27(7)48)25(5)35(50)24(4)34(21)49;1-29-20-17-13(19(26)14(21(27)28)9-25(17)12-4-5-12)7-15(22)18(20)24-8-11-3-2-6-23-16(11)10-24;7-9-6(10)5-1-3-8-4-2-5/h11-14,19-21,23-25,29,34-35,39,49-53H,15-18H2,1-10H3,(H,45,55);7,9,11-12,16,23H,2-6,8,10H2,1H3,(H,27,28);1-4H,7H2,(H,9,10)/b12-11+,19-14+,22-13-,44-20-;;/t21-,23-,24-,25-,29+,34+,35+,39-,43+;11-,16+;/m10./s1. The molecule has 11 atom stereocenters. The predicted molar refractivity (Wildman–Crippen MR) is 363 cm³/mol. The number of pyridine rings is 2. The number of rotatable bonds is 9. The van der Waals surface area contributed by atoms with Crippen molar-refractivity contribution in [2.75, 3.05) is 77.3 Å². The molecule has 3 saturated heterocycles. The summed E-state index contributed by atoms with van der Waals surface area (Å²) < 4.78 is 46.4. The number of carboxylic acids is 1. The lowest BCUT2D eigenvalue weighted by Crippen LogP contribution is -2.46. The van der Waals surface area contributed by atoms with Crippen LogP contribution >= 0.6 is 0 Å². The number of nitrogens with two attached hydrogens (primary N) is 1.